The molecule has 0 radical (unpaired) electrons. The van der Waals surface area contributed by atoms with E-state index < -0.39 is 6.04 Å². The van der Waals surface area contributed by atoms with Crippen molar-refractivity contribution in [3.63, 3.8) is 0 Å². The summed E-state index contributed by atoms with van der Waals surface area (Å²) in [6, 6.07) is 13.2. The highest BCUT2D eigenvalue weighted by Crippen LogP contribution is 2.24. The number of nitrogens with one attached hydrogen (secondary N) is 2. The smallest absolute Gasteiger partial charge is 0.241 e. The molecule has 144 valence electrons. The van der Waals surface area contributed by atoms with Gasteiger partial charge in [-0.25, -0.2) is 0 Å². The predicted molar refractivity (Wildman–Crippen MR) is 109 cm³/mol. The van der Waals surface area contributed by atoms with Crippen molar-refractivity contribution in [1.29, 1.82) is 5.26 Å². The largest absolute Gasteiger partial charge is 0.325 e. The molecule has 1 fully saturated rings. The van der Waals surface area contributed by atoms with E-state index in [1.807, 2.05) is 11.0 Å². The molecule has 3 rings (SSSR count). The van der Waals surface area contributed by atoms with Gasteiger partial charge in [0.05, 0.1) is 23.8 Å². The third kappa shape index (κ3) is 5.02. The maximum atomic E-state index is 12.7. The molecule has 2 N–H and O–H groups in total. The van der Waals surface area contributed by atoms with E-state index in [4.69, 9.17) is 28.5 Å². The van der Waals surface area contributed by atoms with Gasteiger partial charge < -0.3 is 10.6 Å². The third-order valence-electron chi connectivity index (χ3n) is 4.46. The van der Waals surface area contributed by atoms with Crippen molar-refractivity contribution >= 4 is 46.4 Å². The number of nitrogens with zero attached hydrogens (tertiary/aromatic N) is 2. The summed E-state index contributed by atoms with van der Waals surface area (Å²) in [5.74, 6) is -0.478. The van der Waals surface area contributed by atoms with Gasteiger partial charge >= 0.3 is 0 Å². The number of anilines is 2. The molecule has 0 spiro atoms. The number of halogens is 2. The second-order valence-corrected chi connectivity index (χ2v) is 7.35. The average molecular weight is 417 g/mol. The number of hydrogen-bond acceptors (Lipinski definition) is 4. The topological polar surface area (TPSA) is 85.2 Å². The Labute approximate surface area is 173 Å². The summed E-state index contributed by atoms with van der Waals surface area (Å²) in [5, 5.41) is 15.5. The molecule has 2 aromatic carbocycles. The van der Waals surface area contributed by atoms with Crippen molar-refractivity contribution in [3.8, 4) is 6.07 Å². The molecule has 1 atom stereocenters. The van der Waals surface area contributed by atoms with Crippen LogP contribution in [0.1, 0.15) is 18.4 Å². The van der Waals surface area contributed by atoms with Crippen molar-refractivity contribution in [1.82, 2.24) is 4.90 Å². The highest BCUT2D eigenvalue weighted by atomic mass is 35.5. The molecule has 1 aliphatic rings. The first kappa shape index (κ1) is 20.2. The van der Waals surface area contributed by atoms with Crippen LogP contribution < -0.4 is 10.6 Å². The Bertz CT molecular complexity index is 922. The normalized spacial score (nSPS) is 16.4. The summed E-state index contributed by atoms with van der Waals surface area (Å²) in [5.41, 5.74) is 1.37. The molecule has 1 heterocycles. The van der Waals surface area contributed by atoms with E-state index in [0.29, 0.717) is 39.9 Å². The van der Waals surface area contributed by atoms with E-state index in [-0.39, 0.29) is 18.4 Å². The second kappa shape index (κ2) is 9.07. The predicted octanol–water partition coefficient (Wildman–Crippen LogP) is 3.91. The van der Waals surface area contributed by atoms with Gasteiger partial charge in [-0.3, -0.25) is 14.5 Å². The lowest BCUT2D eigenvalue weighted by atomic mass is 10.2. The van der Waals surface area contributed by atoms with Gasteiger partial charge in [0.25, 0.3) is 0 Å². The number of likely N-dealkylation sites (tertiary alicyclic amines) is 1. The molecule has 0 aliphatic carbocycles. The van der Waals surface area contributed by atoms with Gasteiger partial charge in [-0.1, -0.05) is 35.3 Å². The molecule has 0 aromatic heterocycles. The zero-order valence-corrected chi connectivity index (χ0v) is 16.4. The first-order valence-electron chi connectivity index (χ1n) is 8.76. The lowest BCUT2D eigenvalue weighted by Crippen LogP contribution is -2.43. The molecule has 0 bridgehead atoms. The first-order chi connectivity index (χ1) is 13.5. The number of benzene rings is 2. The number of rotatable bonds is 5. The molecule has 0 unspecified atom stereocenters. The van der Waals surface area contributed by atoms with Crippen LogP contribution >= 0.6 is 23.2 Å². The minimum absolute atomic E-state index is 0.0636. The molecule has 2 aromatic rings. The third-order valence-corrected chi connectivity index (χ3v) is 4.90. The van der Waals surface area contributed by atoms with Gasteiger partial charge in [-0.15, -0.1) is 0 Å². The summed E-state index contributed by atoms with van der Waals surface area (Å²) in [6.07, 6.45) is 1.47. The van der Waals surface area contributed by atoms with Crippen LogP contribution in [0.4, 0.5) is 11.4 Å². The first-order valence-corrected chi connectivity index (χ1v) is 9.52. The Balaban J connectivity index is 1.63. The van der Waals surface area contributed by atoms with Crippen LogP contribution in [0.25, 0.3) is 0 Å². The van der Waals surface area contributed by atoms with Gasteiger partial charge in [0.2, 0.25) is 11.8 Å². The highest BCUT2D eigenvalue weighted by Gasteiger charge is 2.32. The molecule has 1 saturated heterocycles. The van der Waals surface area contributed by atoms with E-state index in [0.717, 1.165) is 6.42 Å². The SMILES string of the molecule is N#Cc1ccccc1NC(=O)CN1CCC[C@H]1C(=O)Nc1cc(Cl)cc(Cl)c1. The van der Waals surface area contributed by atoms with Gasteiger partial charge in [0, 0.05) is 15.7 Å². The Morgan fingerprint density at radius 2 is 1.86 bits per heavy atom. The molecule has 28 heavy (non-hydrogen) atoms. The van der Waals surface area contributed by atoms with E-state index in [2.05, 4.69) is 10.6 Å². The van der Waals surface area contributed by atoms with Crippen LogP contribution in [-0.2, 0) is 9.59 Å². The Morgan fingerprint density at radius 1 is 1.14 bits per heavy atom. The molecule has 0 saturated carbocycles. The molecule has 6 nitrogen and oxygen atoms in total. The number of para-hydroxylation sites is 1. The zero-order chi connectivity index (χ0) is 20.1. The minimum Gasteiger partial charge on any atom is -0.325 e. The van der Waals surface area contributed by atoms with E-state index >= 15 is 0 Å². The number of hydrogen-bond donors (Lipinski definition) is 2. The number of amides is 2. The standard InChI is InChI=1S/C20H18Cl2N4O2/c21-14-8-15(22)10-16(9-14)24-20(28)18-6-3-7-26(18)12-19(27)25-17-5-2-1-4-13(17)11-23/h1-2,4-5,8-10,18H,3,6-7,12H2,(H,24,28)(H,25,27)/t18-/m0/s1. The summed E-state index contributed by atoms with van der Waals surface area (Å²) in [7, 11) is 0. The summed E-state index contributed by atoms with van der Waals surface area (Å²) >= 11 is 11.9. The summed E-state index contributed by atoms with van der Waals surface area (Å²) in [6.45, 7) is 0.704. The number of carbonyl (C=O) groups is 2. The number of carbonyl (C=O) groups excluding carboxylic acids is 2. The Hall–Kier alpha value is -2.59. The lowest BCUT2D eigenvalue weighted by molar-refractivity contribution is -0.122. The van der Waals surface area contributed by atoms with Gasteiger partial charge in [-0.2, -0.15) is 5.26 Å². The van der Waals surface area contributed by atoms with Gasteiger partial charge in [0.15, 0.2) is 0 Å². The summed E-state index contributed by atoms with van der Waals surface area (Å²) in [4.78, 5) is 26.9. The van der Waals surface area contributed by atoms with Crippen LogP contribution in [-0.4, -0.2) is 35.8 Å². The van der Waals surface area contributed by atoms with Crippen LogP contribution in [0, 0.1) is 11.3 Å². The molecular formula is C20H18Cl2N4O2. The van der Waals surface area contributed by atoms with Crippen LogP contribution in [0.3, 0.4) is 0 Å². The second-order valence-electron chi connectivity index (χ2n) is 6.48. The average Bonchev–Trinajstić information content (AvgIpc) is 3.09. The van der Waals surface area contributed by atoms with Crippen LogP contribution in [0.5, 0.6) is 0 Å². The fraction of sp³-hybridized carbons (Fsp3) is 0.250. The van der Waals surface area contributed by atoms with Crippen molar-refractivity contribution < 1.29 is 9.59 Å². The monoisotopic (exact) mass is 416 g/mol. The fourth-order valence-corrected chi connectivity index (χ4v) is 3.75. The van der Waals surface area contributed by atoms with Crippen molar-refractivity contribution in [3.05, 3.63) is 58.1 Å². The molecular weight excluding hydrogens is 399 g/mol. The van der Waals surface area contributed by atoms with Crippen molar-refractivity contribution in [2.45, 2.75) is 18.9 Å². The van der Waals surface area contributed by atoms with Crippen LogP contribution in [0.15, 0.2) is 42.5 Å². The lowest BCUT2D eigenvalue weighted by Gasteiger charge is -2.23. The molecule has 1 aliphatic heterocycles. The maximum absolute atomic E-state index is 12.7. The van der Waals surface area contributed by atoms with Gasteiger partial charge in [0.1, 0.15) is 6.07 Å². The minimum atomic E-state index is -0.422. The Kier molecular flexibility index (Phi) is 6.53. The van der Waals surface area contributed by atoms with Gasteiger partial charge in [-0.05, 0) is 49.7 Å². The van der Waals surface area contributed by atoms with E-state index in [1.54, 1.807) is 42.5 Å². The van der Waals surface area contributed by atoms with Crippen LogP contribution in [0.2, 0.25) is 10.0 Å². The molecule has 2 amide bonds. The van der Waals surface area contributed by atoms with E-state index in [9.17, 15) is 9.59 Å². The van der Waals surface area contributed by atoms with Crippen molar-refractivity contribution in [2.24, 2.45) is 0 Å². The Morgan fingerprint density at radius 3 is 2.57 bits per heavy atom. The fourth-order valence-electron chi connectivity index (χ4n) is 3.23. The molecule has 8 heteroatoms. The van der Waals surface area contributed by atoms with E-state index in [1.165, 1.54) is 0 Å². The quantitative estimate of drug-likeness (QED) is 0.773. The van der Waals surface area contributed by atoms with Crippen molar-refractivity contribution in [2.75, 3.05) is 23.7 Å². The summed E-state index contributed by atoms with van der Waals surface area (Å²) < 4.78 is 0. The highest BCUT2D eigenvalue weighted by molar-refractivity contribution is 6.35. The maximum Gasteiger partial charge on any atom is 0.241 e. The number of nitriles is 1. The zero-order valence-electron chi connectivity index (χ0n) is 14.9.